The maximum absolute atomic E-state index is 13.1. The van der Waals surface area contributed by atoms with Gasteiger partial charge in [0.2, 0.25) is 23.6 Å². The van der Waals surface area contributed by atoms with Crippen LogP contribution in [0.5, 0.6) is 0 Å². The van der Waals surface area contributed by atoms with Crippen LogP contribution in [0.3, 0.4) is 0 Å². The van der Waals surface area contributed by atoms with Crippen molar-refractivity contribution in [1.29, 1.82) is 0 Å². The average Bonchev–Trinajstić information content (AvgIpc) is 3.31. The van der Waals surface area contributed by atoms with E-state index in [1.807, 2.05) is 0 Å². The van der Waals surface area contributed by atoms with Gasteiger partial charge in [-0.1, -0.05) is 13.8 Å². The molecule has 0 bridgehead atoms. The van der Waals surface area contributed by atoms with Crippen LogP contribution in [0.15, 0.2) is 17.5 Å². The van der Waals surface area contributed by atoms with E-state index in [1.54, 1.807) is 13.8 Å². The minimum absolute atomic E-state index is 0.0487. The fourth-order valence-electron chi connectivity index (χ4n) is 3.20. The van der Waals surface area contributed by atoms with Gasteiger partial charge >= 0.3 is 5.97 Å². The number of carbonyl (C=O) groups excluding carboxylic acids is 4. The molecule has 1 rings (SSSR count). The van der Waals surface area contributed by atoms with Crippen LogP contribution in [-0.2, 0) is 30.4 Å². The Morgan fingerprint density at radius 3 is 2.16 bits per heavy atom. The summed E-state index contributed by atoms with van der Waals surface area (Å²) >= 11 is 0. The Bertz CT molecular complexity index is 961. The standard InChI is InChI=1S/C21H36N10O6/c1-10(2)16(20(36)37)31-19(35)14(7-15(23)32)30-18(34)13(6-11-8-26-9-28-11)29-17(33)12(22)4-3-5-27-21(24)25/h8-10,12-14,16H,3-7,22H2,1-2H3,(H2,23,32)(H,26,28)(H,29,33)(H,30,34)(H,31,35)(H,36,37)(H4,24,25,27). The van der Waals surface area contributed by atoms with E-state index in [9.17, 15) is 29.1 Å². The number of nitrogens with zero attached hydrogens (tertiary/aromatic N) is 2. The third kappa shape index (κ3) is 11.4. The third-order valence-electron chi connectivity index (χ3n) is 5.19. The van der Waals surface area contributed by atoms with Crippen molar-refractivity contribution in [1.82, 2.24) is 25.9 Å². The monoisotopic (exact) mass is 524 g/mol. The van der Waals surface area contributed by atoms with Crippen molar-refractivity contribution in [2.24, 2.45) is 33.8 Å². The molecule has 0 aliphatic rings. The largest absolute Gasteiger partial charge is 0.480 e. The number of carbonyl (C=O) groups is 5. The van der Waals surface area contributed by atoms with Gasteiger partial charge in [0, 0.05) is 24.9 Å². The predicted molar refractivity (Wildman–Crippen MR) is 132 cm³/mol. The van der Waals surface area contributed by atoms with Gasteiger partial charge in [-0.05, 0) is 18.8 Å². The fourth-order valence-corrected chi connectivity index (χ4v) is 3.20. The molecular weight excluding hydrogens is 488 g/mol. The van der Waals surface area contributed by atoms with Crippen molar-refractivity contribution in [2.45, 2.75) is 63.7 Å². The average molecular weight is 525 g/mol. The summed E-state index contributed by atoms with van der Waals surface area (Å²) < 4.78 is 0. The minimum atomic E-state index is -1.49. The number of imidazole rings is 1. The van der Waals surface area contributed by atoms with E-state index in [-0.39, 0.29) is 25.3 Å². The Labute approximate surface area is 213 Å². The first kappa shape index (κ1) is 30.8. The smallest absolute Gasteiger partial charge is 0.326 e. The molecule has 0 spiro atoms. The van der Waals surface area contributed by atoms with Crippen LogP contribution in [0.25, 0.3) is 0 Å². The van der Waals surface area contributed by atoms with Gasteiger partial charge in [0.15, 0.2) is 5.96 Å². The molecular formula is C21H36N10O6. The van der Waals surface area contributed by atoms with E-state index >= 15 is 0 Å². The molecule has 1 aromatic heterocycles. The number of H-pyrrole nitrogens is 1. The second-order valence-electron chi connectivity index (χ2n) is 8.70. The number of carboxylic acids is 1. The Hall–Kier alpha value is -4.21. The molecule has 0 saturated carbocycles. The maximum atomic E-state index is 13.1. The van der Waals surface area contributed by atoms with E-state index < -0.39 is 66.1 Å². The summed E-state index contributed by atoms with van der Waals surface area (Å²) in [5, 5.41) is 16.5. The number of aliphatic imine (C=N–C) groups is 1. The van der Waals surface area contributed by atoms with Gasteiger partial charge in [-0.2, -0.15) is 0 Å². The van der Waals surface area contributed by atoms with Crippen molar-refractivity contribution >= 4 is 35.6 Å². The molecule has 206 valence electrons. The van der Waals surface area contributed by atoms with E-state index in [0.717, 1.165) is 0 Å². The molecule has 4 amide bonds. The van der Waals surface area contributed by atoms with Crippen LogP contribution >= 0.6 is 0 Å². The highest BCUT2D eigenvalue weighted by Crippen LogP contribution is 2.06. The number of amides is 4. The molecule has 0 aliphatic carbocycles. The van der Waals surface area contributed by atoms with Crippen LogP contribution in [-0.4, -0.2) is 81.3 Å². The number of aromatic amines is 1. The number of rotatable bonds is 16. The molecule has 0 saturated heterocycles. The number of aliphatic carboxylic acids is 1. The topological polar surface area (TPSA) is 287 Å². The number of nitrogens with two attached hydrogens (primary N) is 4. The summed E-state index contributed by atoms with van der Waals surface area (Å²) in [5.74, 6) is -5.16. The van der Waals surface area contributed by atoms with Crippen molar-refractivity contribution in [2.75, 3.05) is 6.54 Å². The molecule has 0 fully saturated rings. The molecule has 1 aromatic rings. The highest BCUT2D eigenvalue weighted by molar-refractivity contribution is 5.96. The van der Waals surface area contributed by atoms with Gasteiger partial charge in [-0.25, -0.2) is 9.78 Å². The Morgan fingerprint density at radius 2 is 1.65 bits per heavy atom. The summed E-state index contributed by atoms with van der Waals surface area (Å²) in [5.41, 5.74) is 22.2. The van der Waals surface area contributed by atoms with Crippen molar-refractivity contribution in [3.8, 4) is 0 Å². The highest BCUT2D eigenvalue weighted by atomic mass is 16.4. The van der Waals surface area contributed by atoms with Crippen LogP contribution in [0.4, 0.5) is 0 Å². The van der Waals surface area contributed by atoms with Gasteiger partial charge in [0.1, 0.15) is 18.1 Å². The lowest BCUT2D eigenvalue weighted by Gasteiger charge is -2.25. The summed E-state index contributed by atoms with van der Waals surface area (Å²) in [4.78, 5) is 72.0. The van der Waals surface area contributed by atoms with E-state index in [2.05, 4.69) is 30.9 Å². The summed E-state index contributed by atoms with van der Waals surface area (Å²) in [6, 6.07) is -4.96. The second-order valence-corrected chi connectivity index (χ2v) is 8.70. The van der Waals surface area contributed by atoms with Gasteiger partial charge in [-0.3, -0.25) is 24.2 Å². The first-order valence-electron chi connectivity index (χ1n) is 11.5. The molecule has 13 N–H and O–H groups in total. The SMILES string of the molecule is CC(C)C(NC(=O)C(CC(N)=O)NC(=O)C(Cc1cnc[nH]1)NC(=O)C(N)CCCN=C(N)N)C(=O)O. The predicted octanol–water partition coefficient (Wildman–Crippen LogP) is -3.60. The molecule has 4 atom stereocenters. The van der Waals surface area contributed by atoms with Crippen LogP contribution in [0, 0.1) is 5.92 Å². The second kappa shape index (κ2) is 15.0. The zero-order chi connectivity index (χ0) is 28.1. The fraction of sp³-hybridized carbons (Fsp3) is 0.571. The number of aromatic nitrogens is 2. The zero-order valence-corrected chi connectivity index (χ0v) is 20.8. The van der Waals surface area contributed by atoms with Crippen molar-refractivity contribution < 1.29 is 29.1 Å². The van der Waals surface area contributed by atoms with Gasteiger partial charge < -0.3 is 49.0 Å². The summed E-state index contributed by atoms with van der Waals surface area (Å²) in [6.45, 7) is 3.42. The van der Waals surface area contributed by atoms with Crippen molar-refractivity contribution in [3.63, 3.8) is 0 Å². The third-order valence-corrected chi connectivity index (χ3v) is 5.19. The number of hydrogen-bond donors (Lipinski definition) is 9. The zero-order valence-electron chi connectivity index (χ0n) is 20.8. The van der Waals surface area contributed by atoms with Gasteiger partial charge in [0.25, 0.3) is 0 Å². The molecule has 4 unspecified atom stereocenters. The summed E-state index contributed by atoms with van der Waals surface area (Å²) in [6.07, 6.45) is 2.80. The quantitative estimate of drug-likeness (QED) is 0.0581. The van der Waals surface area contributed by atoms with Gasteiger partial charge in [0.05, 0.1) is 18.8 Å². The molecule has 1 heterocycles. The van der Waals surface area contributed by atoms with Crippen LogP contribution in [0.1, 0.15) is 38.8 Å². The Balaban J connectivity index is 3.00. The first-order chi connectivity index (χ1) is 17.3. The molecule has 16 nitrogen and oxygen atoms in total. The number of nitrogens with one attached hydrogen (secondary N) is 4. The normalized spacial score (nSPS) is 14.1. The van der Waals surface area contributed by atoms with Crippen LogP contribution < -0.4 is 38.9 Å². The maximum Gasteiger partial charge on any atom is 0.326 e. The Kier molecular flexibility index (Phi) is 12.5. The van der Waals surface area contributed by atoms with E-state index in [0.29, 0.717) is 12.1 Å². The number of carboxylic acid groups (broad SMARTS) is 1. The lowest BCUT2D eigenvalue weighted by molar-refractivity contribution is -0.143. The molecule has 37 heavy (non-hydrogen) atoms. The lowest BCUT2D eigenvalue weighted by Crippen LogP contribution is -2.58. The lowest BCUT2D eigenvalue weighted by atomic mass is 10.0. The van der Waals surface area contributed by atoms with Crippen LogP contribution in [0.2, 0.25) is 0 Å². The molecule has 0 aromatic carbocycles. The van der Waals surface area contributed by atoms with Gasteiger partial charge in [-0.15, -0.1) is 0 Å². The molecule has 16 heteroatoms. The van der Waals surface area contributed by atoms with Crippen molar-refractivity contribution in [3.05, 3.63) is 18.2 Å². The number of primary amides is 1. The Morgan fingerprint density at radius 1 is 1.03 bits per heavy atom. The van der Waals surface area contributed by atoms with E-state index in [1.165, 1.54) is 12.5 Å². The number of guanidine groups is 1. The molecule has 0 radical (unpaired) electrons. The highest BCUT2D eigenvalue weighted by Gasteiger charge is 2.32. The molecule has 0 aliphatic heterocycles. The number of hydrogen-bond acceptors (Lipinski definition) is 8. The first-order valence-corrected chi connectivity index (χ1v) is 11.5. The van der Waals surface area contributed by atoms with E-state index in [4.69, 9.17) is 22.9 Å². The summed E-state index contributed by atoms with van der Waals surface area (Å²) in [7, 11) is 0. The minimum Gasteiger partial charge on any atom is -0.480 e.